The van der Waals surface area contributed by atoms with Crippen LogP contribution in [0, 0.1) is 11.8 Å². The minimum absolute atomic E-state index is 0.0415. The third kappa shape index (κ3) is 6.30. The van der Waals surface area contributed by atoms with Crippen molar-refractivity contribution >= 4 is 12.1 Å². The number of carbonyl (C=O) groups is 2. The van der Waals surface area contributed by atoms with Crippen molar-refractivity contribution in [3.05, 3.63) is 0 Å². The molecule has 24 heavy (non-hydrogen) atoms. The molecule has 1 amide bonds. The standard InChI is InChI=1S/C18H31NO5/c1-18(2,3)24-17(21)19-12-14-6-4-5-7-15(14)23-16(20)13-8-10-22-11-9-13/h13-15H,4-12H2,1-3H3,(H,19,21)/t14-,15+/m1/s1. The van der Waals surface area contributed by atoms with E-state index in [9.17, 15) is 9.59 Å². The lowest BCUT2D eigenvalue weighted by Crippen LogP contribution is -2.41. The van der Waals surface area contributed by atoms with Gasteiger partial charge in [0.05, 0.1) is 5.92 Å². The molecule has 0 aromatic heterocycles. The van der Waals surface area contributed by atoms with Crippen LogP contribution in [0.1, 0.15) is 59.3 Å². The van der Waals surface area contributed by atoms with Crippen LogP contribution >= 0.6 is 0 Å². The summed E-state index contributed by atoms with van der Waals surface area (Å²) in [6.45, 7) is 7.27. The molecule has 2 aliphatic rings. The summed E-state index contributed by atoms with van der Waals surface area (Å²) in [5, 5.41) is 2.82. The van der Waals surface area contributed by atoms with Gasteiger partial charge in [-0.05, 0) is 52.9 Å². The summed E-state index contributed by atoms with van der Waals surface area (Å²) in [6.07, 6.45) is 4.96. The molecule has 0 aromatic carbocycles. The monoisotopic (exact) mass is 341 g/mol. The third-order valence-electron chi connectivity index (χ3n) is 4.57. The van der Waals surface area contributed by atoms with Gasteiger partial charge < -0.3 is 19.5 Å². The van der Waals surface area contributed by atoms with Gasteiger partial charge in [-0.2, -0.15) is 0 Å². The summed E-state index contributed by atoms with van der Waals surface area (Å²) in [7, 11) is 0. The highest BCUT2D eigenvalue weighted by Gasteiger charge is 2.32. The zero-order valence-electron chi connectivity index (χ0n) is 15.1. The van der Waals surface area contributed by atoms with Crippen molar-refractivity contribution in [1.82, 2.24) is 5.32 Å². The van der Waals surface area contributed by atoms with E-state index in [2.05, 4.69) is 5.32 Å². The maximum atomic E-state index is 12.3. The highest BCUT2D eigenvalue weighted by molar-refractivity contribution is 5.72. The van der Waals surface area contributed by atoms with Crippen molar-refractivity contribution in [2.75, 3.05) is 19.8 Å². The van der Waals surface area contributed by atoms with Gasteiger partial charge in [0.25, 0.3) is 0 Å². The van der Waals surface area contributed by atoms with Crippen LogP contribution < -0.4 is 5.32 Å². The van der Waals surface area contributed by atoms with Crippen LogP contribution in [0.5, 0.6) is 0 Å². The minimum Gasteiger partial charge on any atom is -0.462 e. The largest absolute Gasteiger partial charge is 0.462 e. The summed E-state index contributed by atoms with van der Waals surface area (Å²) >= 11 is 0. The Labute approximate surface area is 144 Å². The van der Waals surface area contributed by atoms with E-state index in [4.69, 9.17) is 14.2 Å². The fourth-order valence-electron chi connectivity index (χ4n) is 3.27. The van der Waals surface area contributed by atoms with Crippen LogP contribution in [0.4, 0.5) is 4.79 Å². The van der Waals surface area contributed by atoms with Crippen molar-refractivity contribution in [1.29, 1.82) is 0 Å². The van der Waals surface area contributed by atoms with Crippen LogP contribution in [0.15, 0.2) is 0 Å². The molecular formula is C18H31NO5. The zero-order chi connectivity index (χ0) is 17.6. The van der Waals surface area contributed by atoms with E-state index in [0.717, 1.165) is 38.5 Å². The van der Waals surface area contributed by atoms with E-state index in [0.29, 0.717) is 19.8 Å². The summed E-state index contributed by atoms with van der Waals surface area (Å²) in [5.74, 6) is 0.0164. The third-order valence-corrected chi connectivity index (χ3v) is 4.57. The fourth-order valence-corrected chi connectivity index (χ4v) is 3.27. The van der Waals surface area contributed by atoms with Crippen molar-refractivity contribution in [3.63, 3.8) is 0 Å². The molecule has 1 aliphatic carbocycles. The number of rotatable bonds is 4. The smallest absolute Gasteiger partial charge is 0.407 e. The van der Waals surface area contributed by atoms with Gasteiger partial charge in [-0.15, -0.1) is 0 Å². The first kappa shape index (κ1) is 19.0. The van der Waals surface area contributed by atoms with Gasteiger partial charge in [0.1, 0.15) is 11.7 Å². The Hall–Kier alpha value is -1.30. The van der Waals surface area contributed by atoms with Gasteiger partial charge in [0, 0.05) is 25.7 Å². The van der Waals surface area contributed by atoms with Crippen LogP contribution in [-0.4, -0.2) is 43.5 Å². The van der Waals surface area contributed by atoms with Crippen LogP contribution in [0.3, 0.4) is 0 Å². The number of ether oxygens (including phenoxy) is 3. The number of esters is 1. The normalized spacial score (nSPS) is 25.8. The first-order valence-corrected chi connectivity index (χ1v) is 9.10. The topological polar surface area (TPSA) is 73.9 Å². The van der Waals surface area contributed by atoms with Crippen molar-refractivity contribution in [3.8, 4) is 0 Å². The Balaban J connectivity index is 1.81. The van der Waals surface area contributed by atoms with Gasteiger partial charge >= 0.3 is 12.1 Å². The number of amides is 1. The average Bonchev–Trinajstić information content (AvgIpc) is 2.53. The highest BCUT2D eigenvalue weighted by Crippen LogP contribution is 2.28. The minimum atomic E-state index is -0.508. The van der Waals surface area contributed by atoms with Crippen LogP contribution in [-0.2, 0) is 19.0 Å². The predicted octanol–water partition coefficient (Wildman–Crippen LogP) is 3.04. The molecule has 0 unspecified atom stereocenters. The number of alkyl carbamates (subject to hydrolysis) is 1. The Bertz CT molecular complexity index is 426. The van der Waals surface area contributed by atoms with E-state index in [1.807, 2.05) is 20.8 Å². The second kappa shape index (κ2) is 8.70. The van der Waals surface area contributed by atoms with Gasteiger partial charge in [-0.25, -0.2) is 4.79 Å². The quantitative estimate of drug-likeness (QED) is 0.796. The SMILES string of the molecule is CC(C)(C)OC(=O)NC[C@H]1CCCC[C@@H]1OC(=O)C1CCOCC1. The summed E-state index contributed by atoms with van der Waals surface area (Å²) in [4.78, 5) is 24.2. The second-order valence-corrected chi connectivity index (χ2v) is 7.79. The van der Waals surface area contributed by atoms with Crippen LogP contribution in [0.25, 0.3) is 0 Å². The summed E-state index contributed by atoms with van der Waals surface area (Å²) in [5.41, 5.74) is -0.508. The Morgan fingerprint density at radius 2 is 1.75 bits per heavy atom. The first-order chi connectivity index (χ1) is 11.3. The first-order valence-electron chi connectivity index (χ1n) is 9.10. The molecule has 0 bridgehead atoms. The molecule has 2 rings (SSSR count). The number of carbonyl (C=O) groups excluding carboxylic acids is 2. The lowest BCUT2D eigenvalue weighted by atomic mass is 9.86. The van der Waals surface area contributed by atoms with E-state index in [1.165, 1.54) is 0 Å². The molecule has 2 fully saturated rings. The van der Waals surface area contributed by atoms with E-state index < -0.39 is 11.7 Å². The number of nitrogens with one attached hydrogen (secondary N) is 1. The maximum Gasteiger partial charge on any atom is 0.407 e. The average molecular weight is 341 g/mol. The molecular weight excluding hydrogens is 310 g/mol. The molecule has 0 spiro atoms. The molecule has 1 N–H and O–H groups in total. The second-order valence-electron chi connectivity index (χ2n) is 7.79. The van der Waals surface area contributed by atoms with Crippen molar-refractivity contribution in [2.45, 2.75) is 71.0 Å². The zero-order valence-corrected chi connectivity index (χ0v) is 15.1. The summed E-state index contributed by atoms with van der Waals surface area (Å²) in [6, 6.07) is 0. The molecule has 138 valence electrons. The molecule has 2 atom stereocenters. The highest BCUT2D eigenvalue weighted by atomic mass is 16.6. The lowest BCUT2D eigenvalue weighted by Gasteiger charge is -2.33. The Morgan fingerprint density at radius 3 is 2.42 bits per heavy atom. The van der Waals surface area contributed by atoms with Crippen molar-refractivity contribution < 1.29 is 23.8 Å². The molecule has 6 heteroatoms. The molecule has 1 saturated carbocycles. The molecule has 6 nitrogen and oxygen atoms in total. The maximum absolute atomic E-state index is 12.3. The van der Waals surface area contributed by atoms with E-state index in [1.54, 1.807) is 0 Å². The van der Waals surface area contributed by atoms with Gasteiger partial charge in [-0.3, -0.25) is 4.79 Å². The van der Waals surface area contributed by atoms with E-state index in [-0.39, 0.29) is 23.9 Å². The predicted molar refractivity (Wildman–Crippen MR) is 89.6 cm³/mol. The van der Waals surface area contributed by atoms with Gasteiger partial charge in [-0.1, -0.05) is 6.42 Å². The van der Waals surface area contributed by atoms with Gasteiger partial charge in [0.15, 0.2) is 0 Å². The Kier molecular flexibility index (Phi) is 6.90. The molecule has 1 heterocycles. The molecule has 1 saturated heterocycles. The van der Waals surface area contributed by atoms with Crippen molar-refractivity contribution in [2.24, 2.45) is 11.8 Å². The molecule has 0 radical (unpaired) electrons. The Morgan fingerprint density at radius 1 is 1.08 bits per heavy atom. The fraction of sp³-hybridized carbons (Fsp3) is 0.889. The lowest BCUT2D eigenvalue weighted by molar-refractivity contribution is -0.161. The molecule has 1 aliphatic heterocycles. The molecule has 0 aromatic rings. The van der Waals surface area contributed by atoms with Crippen LogP contribution in [0.2, 0.25) is 0 Å². The van der Waals surface area contributed by atoms with Gasteiger partial charge in [0.2, 0.25) is 0 Å². The number of hydrogen-bond acceptors (Lipinski definition) is 5. The number of hydrogen-bond donors (Lipinski definition) is 1. The summed E-state index contributed by atoms with van der Waals surface area (Å²) < 4.78 is 16.4. The van der Waals surface area contributed by atoms with E-state index >= 15 is 0 Å².